The molecule has 9 heteroatoms. The van der Waals surface area contributed by atoms with Gasteiger partial charge in [0, 0.05) is 48.9 Å². The van der Waals surface area contributed by atoms with Crippen molar-refractivity contribution in [2.24, 2.45) is 7.05 Å². The van der Waals surface area contributed by atoms with Crippen LogP contribution in [0.15, 0.2) is 12.3 Å². The van der Waals surface area contributed by atoms with E-state index in [1.807, 2.05) is 26.2 Å². The number of amides is 1. The molecule has 1 amide bonds. The first-order valence-corrected chi connectivity index (χ1v) is 8.94. The summed E-state index contributed by atoms with van der Waals surface area (Å²) >= 11 is 12.7. The Kier molecular flexibility index (Phi) is 4.17. The second-order valence-electron chi connectivity index (χ2n) is 6.54. The first kappa shape index (κ1) is 17.3. The summed E-state index contributed by atoms with van der Waals surface area (Å²) in [6.07, 6.45) is 1.83. The molecule has 26 heavy (non-hydrogen) atoms. The minimum atomic E-state index is -0.512. The molecule has 1 atom stereocenters. The van der Waals surface area contributed by atoms with Crippen LogP contribution in [-0.4, -0.2) is 48.8 Å². The number of nitrogens with one attached hydrogen (secondary N) is 1. The topological polar surface area (TPSA) is 87.0 Å². The Balaban J connectivity index is 2.00. The van der Waals surface area contributed by atoms with Crippen molar-refractivity contribution in [3.63, 3.8) is 0 Å². The third-order valence-electron chi connectivity index (χ3n) is 4.76. The van der Waals surface area contributed by atoms with E-state index in [4.69, 9.17) is 23.2 Å². The molecule has 0 aromatic carbocycles. The Morgan fingerprint density at radius 1 is 1.46 bits per heavy atom. The molecule has 136 valence electrons. The van der Waals surface area contributed by atoms with E-state index in [0.717, 1.165) is 16.6 Å². The summed E-state index contributed by atoms with van der Waals surface area (Å²) < 4.78 is 1.69. The van der Waals surface area contributed by atoms with Gasteiger partial charge >= 0.3 is 0 Å². The van der Waals surface area contributed by atoms with E-state index in [1.165, 1.54) is 0 Å². The fourth-order valence-electron chi connectivity index (χ4n) is 3.57. The number of pyridine rings is 1. The quantitative estimate of drug-likeness (QED) is 0.655. The van der Waals surface area contributed by atoms with E-state index >= 15 is 0 Å². The van der Waals surface area contributed by atoms with Crippen molar-refractivity contribution in [2.75, 3.05) is 13.2 Å². The summed E-state index contributed by atoms with van der Waals surface area (Å²) in [4.78, 5) is 21.5. The van der Waals surface area contributed by atoms with Gasteiger partial charge in [0.1, 0.15) is 23.0 Å². The number of aliphatic hydroxyl groups excluding tert-OH is 1. The Labute approximate surface area is 159 Å². The lowest BCUT2D eigenvalue weighted by Gasteiger charge is -2.31. The van der Waals surface area contributed by atoms with Gasteiger partial charge in [0.05, 0.1) is 5.52 Å². The van der Waals surface area contributed by atoms with Crippen LogP contribution in [0.4, 0.5) is 0 Å². The predicted octanol–water partition coefficient (Wildman–Crippen LogP) is 2.71. The molecule has 4 heterocycles. The van der Waals surface area contributed by atoms with Gasteiger partial charge in [0.25, 0.3) is 0 Å². The predicted molar refractivity (Wildman–Crippen MR) is 99.2 cm³/mol. The standard InChI is InChI=1S/C17H17Cl2N5O2/c1-8-5-24(11(26)7-25)6-9-12-15(10-3-4-23(2)22-10)21-17(19)13(18)16(12)20-14(8)9/h3-4,8,20,25H,5-7H2,1-2H3. The van der Waals surface area contributed by atoms with Gasteiger partial charge in [-0.05, 0) is 6.07 Å². The van der Waals surface area contributed by atoms with Crippen molar-refractivity contribution in [3.8, 4) is 11.4 Å². The Morgan fingerprint density at radius 3 is 2.88 bits per heavy atom. The number of aryl methyl sites for hydroxylation is 1. The maximum Gasteiger partial charge on any atom is 0.248 e. The van der Waals surface area contributed by atoms with Gasteiger partial charge in [0.15, 0.2) is 5.15 Å². The number of fused-ring (bicyclic) bond motifs is 3. The van der Waals surface area contributed by atoms with Gasteiger partial charge in [0.2, 0.25) is 5.91 Å². The van der Waals surface area contributed by atoms with E-state index in [-0.39, 0.29) is 17.0 Å². The van der Waals surface area contributed by atoms with Gasteiger partial charge < -0.3 is 15.0 Å². The average molecular weight is 394 g/mol. The van der Waals surface area contributed by atoms with Crippen LogP contribution >= 0.6 is 23.2 Å². The van der Waals surface area contributed by atoms with Gasteiger partial charge in [-0.25, -0.2) is 4.98 Å². The number of halogens is 2. The van der Waals surface area contributed by atoms with Crippen molar-refractivity contribution >= 4 is 40.0 Å². The molecule has 0 bridgehead atoms. The van der Waals surface area contributed by atoms with Crippen LogP contribution in [-0.2, 0) is 18.4 Å². The maximum absolute atomic E-state index is 12.0. The largest absolute Gasteiger partial charge is 0.387 e. The molecule has 0 fully saturated rings. The fourth-order valence-corrected chi connectivity index (χ4v) is 3.93. The molecule has 7 nitrogen and oxygen atoms in total. The average Bonchev–Trinajstić information content (AvgIpc) is 3.22. The van der Waals surface area contributed by atoms with Gasteiger partial charge in [-0.3, -0.25) is 9.48 Å². The highest BCUT2D eigenvalue weighted by atomic mass is 35.5. The second kappa shape index (κ2) is 6.26. The molecule has 1 unspecified atom stereocenters. The SMILES string of the molecule is CC1CN(C(=O)CO)Cc2c1[nH]c1c(Cl)c(Cl)nc(-c3ccn(C)n3)c21. The summed E-state index contributed by atoms with van der Waals surface area (Å²) in [5.74, 6) is -0.239. The zero-order valence-electron chi connectivity index (χ0n) is 14.3. The molecule has 3 aromatic heterocycles. The fraction of sp³-hybridized carbons (Fsp3) is 0.353. The van der Waals surface area contributed by atoms with Crippen LogP contribution < -0.4 is 0 Å². The highest BCUT2D eigenvalue weighted by molar-refractivity contribution is 6.44. The zero-order chi connectivity index (χ0) is 18.6. The van der Waals surface area contributed by atoms with Crippen LogP contribution in [0.25, 0.3) is 22.3 Å². The first-order valence-electron chi connectivity index (χ1n) is 8.18. The number of rotatable bonds is 2. The number of carbonyl (C=O) groups is 1. The van der Waals surface area contributed by atoms with Crippen molar-refractivity contribution in [2.45, 2.75) is 19.4 Å². The number of H-pyrrole nitrogens is 1. The summed E-state index contributed by atoms with van der Waals surface area (Å²) in [5.41, 5.74) is 3.94. The maximum atomic E-state index is 12.0. The van der Waals surface area contributed by atoms with Crippen LogP contribution in [0.1, 0.15) is 24.1 Å². The molecule has 2 N–H and O–H groups in total. The normalized spacial score (nSPS) is 17.0. The molecule has 1 aliphatic rings. The third-order valence-corrected chi connectivity index (χ3v) is 5.50. The van der Waals surface area contributed by atoms with E-state index in [9.17, 15) is 9.90 Å². The highest BCUT2D eigenvalue weighted by Crippen LogP contribution is 2.42. The number of aromatic nitrogens is 4. The number of hydrogen-bond donors (Lipinski definition) is 2. The minimum absolute atomic E-state index is 0.0630. The number of nitrogens with zero attached hydrogens (tertiary/aromatic N) is 4. The van der Waals surface area contributed by atoms with E-state index in [1.54, 1.807) is 9.58 Å². The smallest absolute Gasteiger partial charge is 0.248 e. The number of carbonyl (C=O) groups excluding carboxylic acids is 1. The molecule has 0 aliphatic carbocycles. The van der Waals surface area contributed by atoms with Crippen molar-refractivity contribution < 1.29 is 9.90 Å². The molecular formula is C17H17Cl2N5O2. The summed E-state index contributed by atoms with van der Waals surface area (Å²) in [6, 6.07) is 1.86. The summed E-state index contributed by atoms with van der Waals surface area (Å²) in [6.45, 7) is 2.41. The number of hydrogen-bond acceptors (Lipinski definition) is 4. The Hall–Kier alpha value is -2.09. The van der Waals surface area contributed by atoms with Crippen molar-refractivity contribution in [3.05, 3.63) is 33.7 Å². The zero-order valence-corrected chi connectivity index (χ0v) is 15.8. The highest BCUT2D eigenvalue weighted by Gasteiger charge is 2.31. The van der Waals surface area contributed by atoms with E-state index < -0.39 is 6.61 Å². The molecule has 0 spiro atoms. The number of aliphatic hydroxyl groups is 1. The Morgan fingerprint density at radius 2 is 2.23 bits per heavy atom. The lowest BCUT2D eigenvalue weighted by Crippen LogP contribution is -2.38. The Bertz CT molecular complexity index is 1030. The lowest BCUT2D eigenvalue weighted by molar-refractivity contribution is -0.135. The summed E-state index contributed by atoms with van der Waals surface area (Å²) in [5, 5.41) is 15.0. The molecular weight excluding hydrogens is 377 g/mol. The second-order valence-corrected chi connectivity index (χ2v) is 7.28. The molecule has 0 saturated heterocycles. The molecule has 0 saturated carbocycles. The third kappa shape index (κ3) is 2.58. The summed E-state index contributed by atoms with van der Waals surface area (Å²) in [7, 11) is 1.83. The van der Waals surface area contributed by atoms with Gasteiger partial charge in [-0.1, -0.05) is 30.1 Å². The molecule has 1 aliphatic heterocycles. The van der Waals surface area contributed by atoms with Gasteiger partial charge in [-0.15, -0.1) is 0 Å². The van der Waals surface area contributed by atoms with E-state index in [0.29, 0.717) is 35.0 Å². The molecule has 4 rings (SSSR count). The van der Waals surface area contributed by atoms with Crippen molar-refractivity contribution in [1.82, 2.24) is 24.6 Å². The molecule has 3 aromatic rings. The first-order chi connectivity index (χ1) is 12.4. The minimum Gasteiger partial charge on any atom is -0.387 e. The van der Waals surface area contributed by atoms with Crippen LogP contribution in [0.5, 0.6) is 0 Å². The molecule has 0 radical (unpaired) electrons. The lowest BCUT2D eigenvalue weighted by atomic mass is 9.95. The van der Waals surface area contributed by atoms with Gasteiger partial charge in [-0.2, -0.15) is 5.10 Å². The van der Waals surface area contributed by atoms with Crippen LogP contribution in [0.3, 0.4) is 0 Å². The van der Waals surface area contributed by atoms with E-state index in [2.05, 4.69) is 15.1 Å². The van der Waals surface area contributed by atoms with Crippen LogP contribution in [0, 0.1) is 0 Å². The number of aromatic amines is 1. The van der Waals surface area contributed by atoms with Crippen molar-refractivity contribution in [1.29, 1.82) is 0 Å². The monoisotopic (exact) mass is 393 g/mol. The van der Waals surface area contributed by atoms with Crippen LogP contribution in [0.2, 0.25) is 10.2 Å².